The molecule has 1 aromatic heterocycles. The molecule has 0 fully saturated rings. The second kappa shape index (κ2) is 8.46. The smallest absolute Gasteiger partial charge is 0.356 e. The van der Waals surface area contributed by atoms with Crippen molar-refractivity contribution in [1.29, 1.82) is 5.41 Å². The molecule has 0 radical (unpaired) electrons. The maximum absolute atomic E-state index is 13.3. The van der Waals surface area contributed by atoms with E-state index in [2.05, 4.69) is 10.3 Å². The number of pyridine rings is 1. The van der Waals surface area contributed by atoms with Crippen LogP contribution < -0.4 is 21.0 Å². The van der Waals surface area contributed by atoms with Crippen LogP contribution in [0, 0.1) is 11.3 Å². The summed E-state index contributed by atoms with van der Waals surface area (Å²) in [6.07, 6.45) is 3.25. The molecule has 1 aromatic carbocycles. The van der Waals surface area contributed by atoms with Gasteiger partial charge < -0.3 is 25.9 Å². The summed E-state index contributed by atoms with van der Waals surface area (Å²) < 4.78 is 32.1. The van der Waals surface area contributed by atoms with Crippen LogP contribution in [0.15, 0.2) is 77.1 Å². The summed E-state index contributed by atoms with van der Waals surface area (Å²) in [5.41, 5.74) is 12.7. The first-order chi connectivity index (χ1) is 14.2. The van der Waals surface area contributed by atoms with Gasteiger partial charge in [0.1, 0.15) is 23.1 Å². The van der Waals surface area contributed by atoms with Crippen LogP contribution in [-0.2, 0) is 16.7 Å². The lowest BCUT2D eigenvalue weighted by molar-refractivity contribution is 0.418. The zero-order chi connectivity index (χ0) is 21.9. The first-order valence-corrected chi connectivity index (χ1v) is 10.6. The molecule has 0 spiro atoms. The largest absolute Gasteiger partial charge is 0.393 e. The molecule has 30 heavy (non-hydrogen) atoms. The highest BCUT2D eigenvalue weighted by atomic mass is 32.2. The Hall–Kier alpha value is -3.53. The predicted molar refractivity (Wildman–Crippen MR) is 114 cm³/mol. The molecule has 0 aliphatic carbocycles. The summed E-state index contributed by atoms with van der Waals surface area (Å²) in [6.45, 7) is 3.82. The summed E-state index contributed by atoms with van der Waals surface area (Å²) in [4.78, 5) is 5.54. The van der Waals surface area contributed by atoms with Crippen LogP contribution in [0.25, 0.3) is 0 Å². The molecule has 1 aliphatic heterocycles. The minimum atomic E-state index is -4.25. The van der Waals surface area contributed by atoms with E-state index in [9.17, 15) is 8.42 Å². The summed E-state index contributed by atoms with van der Waals surface area (Å²) in [5, 5.41) is 10.7. The van der Waals surface area contributed by atoms with Crippen molar-refractivity contribution < 1.29 is 12.6 Å². The highest BCUT2D eigenvalue weighted by Crippen LogP contribution is 2.34. The number of nitrogens with one attached hydrogen (secondary N) is 2. The summed E-state index contributed by atoms with van der Waals surface area (Å²) in [7, 11) is -4.25. The number of amidine groups is 1. The second-order valence-electron chi connectivity index (χ2n) is 6.97. The molecule has 9 nitrogen and oxygen atoms in total. The fourth-order valence-electron chi connectivity index (χ4n) is 2.96. The van der Waals surface area contributed by atoms with Gasteiger partial charge >= 0.3 is 10.1 Å². The minimum Gasteiger partial charge on any atom is -0.393 e. The Labute approximate surface area is 175 Å². The van der Waals surface area contributed by atoms with Gasteiger partial charge in [-0.1, -0.05) is 38.1 Å². The third-order valence-electron chi connectivity index (χ3n) is 4.37. The zero-order valence-electron chi connectivity index (χ0n) is 16.7. The third kappa shape index (κ3) is 4.38. The van der Waals surface area contributed by atoms with Gasteiger partial charge in [-0.3, -0.25) is 10.4 Å². The number of hydrogen-bond acceptors (Lipinski definition) is 8. The van der Waals surface area contributed by atoms with E-state index in [1.165, 1.54) is 4.90 Å². The van der Waals surface area contributed by atoms with Gasteiger partial charge in [-0.05, 0) is 29.7 Å². The lowest BCUT2D eigenvalue weighted by atomic mass is 10.1. The van der Waals surface area contributed by atoms with Crippen LogP contribution in [0.1, 0.15) is 19.4 Å². The fourth-order valence-corrected chi connectivity index (χ4v) is 4.39. The second-order valence-corrected chi connectivity index (χ2v) is 8.43. The van der Waals surface area contributed by atoms with Crippen LogP contribution >= 0.6 is 0 Å². The Bertz CT molecular complexity index is 1100. The third-order valence-corrected chi connectivity index (χ3v) is 5.70. The number of benzene rings is 1. The molecule has 0 atom stereocenters. The average molecular weight is 429 g/mol. The Morgan fingerprint density at radius 2 is 1.90 bits per heavy atom. The molecule has 158 valence electrons. The molecular formula is C20H24N6O3S. The Morgan fingerprint density at radius 3 is 2.47 bits per heavy atom. The highest BCUT2D eigenvalue weighted by molar-refractivity contribution is 7.91. The molecule has 0 unspecified atom stereocenters. The quantitative estimate of drug-likeness (QED) is 0.296. The molecule has 10 heteroatoms. The van der Waals surface area contributed by atoms with E-state index in [-0.39, 0.29) is 40.6 Å². The van der Waals surface area contributed by atoms with E-state index in [4.69, 9.17) is 21.1 Å². The molecule has 2 aromatic rings. The van der Waals surface area contributed by atoms with Gasteiger partial charge in [-0.15, -0.1) is 0 Å². The highest BCUT2D eigenvalue weighted by Gasteiger charge is 2.40. The SMILES string of the molecule is CC(C)C1=C(S(=O)(=O)Oc2ccccc2)N(Cc2cccnc2)C(=C(N)C(=N)N)N1. The van der Waals surface area contributed by atoms with Crippen molar-refractivity contribution in [2.75, 3.05) is 0 Å². The number of nitrogens with zero attached hydrogens (tertiary/aromatic N) is 2. The normalized spacial score (nSPS) is 15.9. The van der Waals surface area contributed by atoms with Crippen molar-refractivity contribution in [3.63, 3.8) is 0 Å². The van der Waals surface area contributed by atoms with Crippen molar-refractivity contribution in [3.8, 4) is 5.75 Å². The Balaban J connectivity index is 2.14. The summed E-state index contributed by atoms with van der Waals surface area (Å²) in [5.74, 6) is -0.182. The van der Waals surface area contributed by atoms with Crippen LogP contribution in [0.5, 0.6) is 5.75 Å². The van der Waals surface area contributed by atoms with Crippen molar-refractivity contribution in [2.24, 2.45) is 17.4 Å². The van der Waals surface area contributed by atoms with E-state index >= 15 is 0 Å². The van der Waals surface area contributed by atoms with Gasteiger partial charge in [0.15, 0.2) is 5.03 Å². The number of allylic oxidation sites excluding steroid dienone is 1. The van der Waals surface area contributed by atoms with Gasteiger partial charge in [0.05, 0.1) is 12.2 Å². The number of aromatic nitrogens is 1. The number of rotatable bonds is 7. The monoisotopic (exact) mass is 428 g/mol. The zero-order valence-corrected chi connectivity index (χ0v) is 17.5. The predicted octanol–water partition coefficient (Wildman–Crippen LogP) is 1.78. The maximum atomic E-state index is 13.3. The lowest BCUT2D eigenvalue weighted by Gasteiger charge is -2.24. The molecule has 0 saturated carbocycles. The molecule has 1 aliphatic rings. The lowest BCUT2D eigenvalue weighted by Crippen LogP contribution is -2.33. The average Bonchev–Trinajstić information content (AvgIpc) is 3.09. The standard InChI is InChI=1S/C20H24N6O3S/c1-13(2)17-20(30(27,28)29-15-8-4-3-5-9-15)26(12-14-7-6-10-24-11-14)19(25-17)16(21)18(22)23/h3-11,13,25H,12,21H2,1-2H3,(H3,22,23). The van der Waals surface area contributed by atoms with Gasteiger partial charge in [-0.2, -0.15) is 8.42 Å². The molecule has 0 bridgehead atoms. The van der Waals surface area contributed by atoms with E-state index in [0.29, 0.717) is 5.70 Å². The van der Waals surface area contributed by atoms with E-state index < -0.39 is 10.1 Å². The van der Waals surface area contributed by atoms with Crippen molar-refractivity contribution >= 4 is 16.0 Å². The number of nitrogens with two attached hydrogens (primary N) is 2. The molecule has 0 amide bonds. The Morgan fingerprint density at radius 1 is 1.20 bits per heavy atom. The van der Waals surface area contributed by atoms with Crippen molar-refractivity contribution in [1.82, 2.24) is 15.2 Å². The van der Waals surface area contributed by atoms with Gasteiger partial charge in [0.2, 0.25) is 0 Å². The van der Waals surface area contributed by atoms with Crippen molar-refractivity contribution in [3.05, 3.63) is 82.7 Å². The molecule has 0 saturated heterocycles. The first kappa shape index (κ1) is 21.2. The van der Waals surface area contributed by atoms with Gasteiger partial charge in [0.25, 0.3) is 0 Å². The topological polar surface area (TPSA) is 147 Å². The summed E-state index contributed by atoms with van der Waals surface area (Å²) in [6, 6.07) is 11.8. The fraction of sp³-hybridized carbons (Fsp3) is 0.200. The first-order valence-electron chi connectivity index (χ1n) is 9.22. The molecule has 2 heterocycles. The van der Waals surface area contributed by atoms with Crippen molar-refractivity contribution in [2.45, 2.75) is 20.4 Å². The van der Waals surface area contributed by atoms with Crippen LogP contribution in [0.4, 0.5) is 0 Å². The molecular weight excluding hydrogens is 404 g/mol. The van der Waals surface area contributed by atoms with E-state index in [1.54, 1.807) is 48.8 Å². The van der Waals surface area contributed by atoms with Crippen LogP contribution in [0.3, 0.4) is 0 Å². The number of para-hydroxylation sites is 1. The van der Waals surface area contributed by atoms with Gasteiger partial charge in [0, 0.05) is 12.4 Å². The van der Waals surface area contributed by atoms with Crippen LogP contribution in [-0.4, -0.2) is 24.1 Å². The van der Waals surface area contributed by atoms with E-state index in [1.807, 2.05) is 19.9 Å². The van der Waals surface area contributed by atoms with Gasteiger partial charge in [-0.25, -0.2) is 0 Å². The van der Waals surface area contributed by atoms with E-state index in [0.717, 1.165) is 5.56 Å². The molecule has 3 rings (SSSR count). The number of hydrogen-bond donors (Lipinski definition) is 4. The van der Waals surface area contributed by atoms with Crippen LogP contribution in [0.2, 0.25) is 0 Å². The minimum absolute atomic E-state index is 0.0676. The summed E-state index contributed by atoms with van der Waals surface area (Å²) >= 11 is 0. The maximum Gasteiger partial charge on any atom is 0.356 e. The molecule has 6 N–H and O–H groups in total. The Kier molecular flexibility index (Phi) is 5.97.